The summed E-state index contributed by atoms with van der Waals surface area (Å²) in [6, 6.07) is 12.6. The fourth-order valence-electron chi connectivity index (χ4n) is 1.75. The van der Waals surface area contributed by atoms with Gasteiger partial charge in [0.25, 0.3) is 0 Å². The van der Waals surface area contributed by atoms with Crippen LogP contribution in [0.3, 0.4) is 0 Å². The molecule has 0 aliphatic heterocycles. The Labute approximate surface area is 96.6 Å². The van der Waals surface area contributed by atoms with E-state index in [1.165, 1.54) is 11.3 Å². The number of anilines is 2. The molecular formula is C14H16N2. The molecule has 0 radical (unpaired) electrons. The molecule has 0 N–H and O–H groups in total. The standard InChI is InChI=1S/C14H16N2/c1-3-16(14-5-4-10-15-11-14)13-8-6-12(2)7-9-13/h4-11H,3H2,1-2H3. The van der Waals surface area contributed by atoms with E-state index in [0.717, 1.165) is 12.2 Å². The van der Waals surface area contributed by atoms with Crippen LogP contribution in [0.15, 0.2) is 48.8 Å². The van der Waals surface area contributed by atoms with Crippen LogP contribution in [0.1, 0.15) is 12.5 Å². The summed E-state index contributed by atoms with van der Waals surface area (Å²) in [6.45, 7) is 5.19. The number of benzene rings is 1. The highest BCUT2D eigenvalue weighted by atomic mass is 15.1. The van der Waals surface area contributed by atoms with Crippen molar-refractivity contribution in [2.45, 2.75) is 13.8 Å². The van der Waals surface area contributed by atoms with Crippen molar-refractivity contribution in [3.63, 3.8) is 0 Å². The zero-order chi connectivity index (χ0) is 11.4. The van der Waals surface area contributed by atoms with Crippen LogP contribution in [0, 0.1) is 6.92 Å². The van der Waals surface area contributed by atoms with Crippen molar-refractivity contribution < 1.29 is 0 Å². The van der Waals surface area contributed by atoms with Crippen LogP contribution in [0.5, 0.6) is 0 Å². The van der Waals surface area contributed by atoms with Gasteiger partial charge >= 0.3 is 0 Å². The SMILES string of the molecule is CCN(c1ccc(C)cc1)c1cccnc1. The second-order valence-electron chi connectivity index (χ2n) is 3.79. The smallest absolute Gasteiger partial charge is 0.0597 e. The first kappa shape index (κ1) is 10.7. The van der Waals surface area contributed by atoms with Crippen LogP contribution in [0.4, 0.5) is 11.4 Å². The van der Waals surface area contributed by atoms with Gasteiger partial charge in [-0.25, -0.2) is 0 Å². The molecule has 0 aliphatic rings. The number of rotatable bonds is 3. The Hall–Kier alpha value is -1.83. The summed E-state index contributed by atoms with van der Waals surface area (Å²) >= 11 is 0. The van der Waals surface area contributed by atoms with Crippen molar-refractivity contribution in [1.82, 2.24) is 4.98 Å². The molecule has 0 saturated heterocycles. The molecule has 2 rings (SSSR count). The number of pyridine rings is 1. The van der Waals surface area contributed by atoms with E-state index < -0.39 is 0 Å². The monoisotopic (exact) mass is 212 g/mol. The van der Waals surface area contributed by atoms with Crippen LogP contribution in [0.25, 0.3) is 0 Å². The average molecular weight is 212 g/mol. The van der Waals surface area contributed by atoms with Gasteiger partial charge in [0.15, 0.2) is 0 Å². The molecular weight excluding hydrogens is 196 g/mol. The van der Waals surface area contributed by atoms with E-state index in [1.807, 2.05) is 12.3 Å². The molecule has 0 aliphatic carbocycles. The zero-order valence-corrected chi connectivity index (χ0v) is 9.72. The van der Waals surface area contributed by atoms with E-state index in [2.05, 4.69) is 54.1 Å². The molecule has 0 atom stereocenters. The summed E-state index contributed by atoms with van der Waals surface area (Å²) in [5.74, 6) is 0. The third-order valence-corrected chi connectivity index (χ3v) is 2.62. The lowest BCUT2D eigenvalue weighted by Crippen LogP contribution is -2.15. The van der Waals surface area contributed by atoms with Gasteiger partial charge in [-0.05, 0) is 38.1 Å². The van der Waals surface area contributed by atoms with Gasteiger partial charge in [0.1, 0.15) is 0 Å². The number of nitrogens with zero attached hydrogens (tertiary/aromatic N) is 2. The Balaban J connectivity index is 2.33. The van der Waals surface area contributed by atoms with Crippen molar-refractivity contribution in [3.05, 3.63) is 54.4 Å². The molecule has 2 aromatic rings. The number of hydrogen-bond acceptors (Lipinski definition) is 2. The lowest BCUT2D eigenvalue weighted by molar-refractivity contribution is 1.01. The first-order chi connectivity index (χ1) is 7.81. The number of hydrogen-bond donors (Lipinski definition) is 0. The largest absolute Gasteiger partial charge is 0.341 e. The highest BCUT2D eigenvalue weighted by molar-refractivity contribution is 5.62. The van der Waals surface area contributed by atoms with E-state index in [9.17, 15) is 0 Å². The number of aryl methyl sites for hydroxylation is 1. The van der Waals surface area contributed by atoms with Gasteiger partial charge in [0, 0.05) is 18.4 Å². The van der Waals surface area contributed by atoms with Gasteiger partial charge in [-0.2, -0.15) is 0 Å². The fraction of sp³-hybridized carbons (Fsp3) is 0.214. The van der Waals surface area contributed by atoms with Crippen LogP contribution in [-0.4, -0.2) is 11.5 Å². The maximum absolute atomic E-state index is 4.15. The molecule has 2 heteroatoms. The molecule has 0 fully saturated rings. The third kappa shape index (κ3) is 2.22. The van der Waals surface area contributed by atoms with Crippen molar-refractivity contribution in [1.29, 1.82) is 0 Å². The number of aromatic nitrogens is 1. The molecule has 16 heavy (non-hydrogen) atoms. The molecule has 1 aromatic carbocycles. The molecule has 1 aromatic heterocycles. The van der Waals surface area contributed by atoms with Crippen molar-refractivity contribution >= 4 is 11.4 Å². The highest BCUT2D eigenvalue weighted by Crippen LogP contribution is 2.23. The minimum atomic E-state index is 0.939. The van der Waals surface area contributed by atoms with Crippen molar-refractivity contribution in [2.75, 3.05) is 11.4 Å². The summed E-state index contributed by atoms with van der Waals surface area (Å²) in [6.07, 6.45) is 3.69. The summed E-state index contributed by atoms with van der Waals surface area (Å²) in [7, 11) is 0. The molecule has 0 unspecified atom stereocenters. The first-order valence-corrected chi connectivity index (χ1v) is 5.55. The van der Waals surface area contributed by atoms with Crippen LogP contribution < -0.4 is 4.90 Å². The second kappa shape index (κ2) is 4.79. The Morgan fingerprint density at radius 2 is 1.81 bits per heavy atom. The van der Waals surface area contributed by atoms with Gasteiger partial charge in [-0.15, -0.1) is 0 Å². The molecule has 0 spiro atoms. The molecule has 82 valence electrons. The Kier molecular flexibility index (Phi) is 3.20. The van der Waals surface area contributed by atoms with Gasteiger partial charge in [-0.3, -0.25) is 4.98 Å². The van der Waals surface area contributed by atoms with Crippen molar-refractivity contribution in [3.8, 4) is 0 Å². The molecule has 0 bridgehead atoms. The second-order valence-corrected chi connectivity index (χ2v) is 3.79. The summed E-state index contributed by atoms with van der Waals surface area (Å²) in [5, 5.41) is 0. The summed E-state index contributed by atoms with van der Waals surface area (Å²) in [5.41, 5.74) is 3.63. The van der Waals surface area contributed by atoms with E-state index >= 15 is 0 Å². The van der Waals surface area contributed by atoms with Gasteiger partial charge < -0.3 is 4.90 Å². The first-order valence-electron chi connectivity index (χ1n) is 5.55. The van der Waals surface area contributed by atoms with Crippen molar-refractivity contribution in [2.24, 2.45) is 0 Å². The van der Waals surface area contributed by atoms with Gasteiger partial charge in [0.05, 0.1) is 11.9 Å². The maximum atomic E-state index is 4.15. The van der Waals surface area contributed by atoms with Gasteiger partial charge in [-0.1, -0.05) is 17.7 Å². The molecule has 0 amide bonds. The minimum Gasteiger partial charge on any atom is -0.341 e. The van der Waals surface area contributed by atoms with E-state index in [0.29, 0.717) is 0 Å². The lowest BCUT2D eigenvalue weighted by Gasteiger charge is -2.22. The lowest BCUT2D eigenvalue weighted by atomic mass is 10.2. The summed E-state index contributed by atoms with van der Waals surface area (Å²) < 4.78 is 0. The van der Waals surface area contributed by atoms with Gasteiger partial charge in [0.2, 0.25) is 0 Å². The normalized spacial score (nSPS) is 10.1. The highest BCUT2D eigenvalue weighted by Gasteiger charge is 2.05. The van der Waals surface area contributed by atoms with E-state index in [-0.39, 0.29) is 0 Å². The zero-order valence-electron chi connectivity index (χ0n) is 9.72. The Bertz CT molecular complexity index is 434. The quantitative estimate of drug-likeness (QED) is 0.773. The predicted octanol–water partition coefficient (Wildman–Crippen LogP) is 3.55. The average Bonchev–Trinajstić information content (AvgIpc) is 2.34. The third-order valence-electron chi connectivity index (χ3n) is 2.62. The maximum Gasteiger partial charge on any atom is 0.0597 e. The van der Waals surface area contributed by atoms with E-state index in [1.54, 1.807) is 6.20 Å². The molecule has 2 nitrogen and oxygen atoms in total. The van der Waals surface area contributed by atoms with Crippen LogP contribution >= 0.6 is 0 Å². The Morgan fingerprint density at radius 3 is 2.38 bits per heavy atom. The molecule has 0 saturated carbocycles. The fourth-order valence-corrected chi connectivity index (χ4v) is 1.75. The molecule has 1 heterocycles. The van der Waals surface area contributed by atoms with E-state index in [4.69, 9.17) is 0 Å². The van der Waals surface area contributed by atoms with Crippen LogP contribution in [-0.2, 0) is 0 Å². The Morgan fingerprint density at radius 1 is 1.06 bits per heavy atom. The predicted molar refractivity (Wildman–Crippen MR) is 68.1 cm³/mol. The summed E-state index contributed by atoms with van der Waals surface area (Å²) in [4.78, 5) is 6.40. The topological polar surface area (TPSA) is 16.1 Å². The van der Waals surface area contributed by atoms with Crippen LogP contribution in [0.2, 0.25) is 0 Å². The minimum absolute atomic E-state index is 0.939.